The number of benzene rings is 2. The van der Waals surface area contributed by atoms with E-state index in [1.165, 1.54) is 0 Å². The average molecular weight is 467 g/mol. The number of amides is 2. The van der Waals surface area contributed by atoms with Crippen LogP contribution in [0.25, 0.3) is 11.5 Å². The first-order valence-corrected chi connectivity index (χ1v) is 11.1. The molecular weight excluding hydrogens is 444 g/mol. The largest absolute Gasteiger partial charge is 0.497 e. The second kappa shape index (κ2) is 9.50. The van der Waals surface area contributed by atoms with E-state index in [1.54, 1.807) is 45.2 Å². The molecule has 1 fully saturated rings. The molecule has 2 atom stereocenters. The minimum absolute atomic E-state index is 0.292. The summed E-state index contributed by atoms with van der Waals surface area (Å²) in [6.45, 7) is 3.51. The normalized spacial score (nSPS) is 16.4. The van der Waals surface area contributed by atoms with E-state index < -0.39 is 17.3 Å². The van der Waals surface area contributed by atoms with Crippen molar-refractivity contribution in [1.82, 2.24) is 10.3 Å². The highest BCUT2D eigenvalue weighted by molar-refractivity contribution is 8.15. The van der Waals surface area contributed by atoms with Gasteiger partial charge in [-0.15, -0.1) is 0 Å². The number of nitrogens with one attached hydrogen (secondary N) is 1. The number of hydrogen-bond donors (Lipinski definition) is 1. The van der Waals surface area contributed by atoms with Crippen LogP contribution in [0.5, 0.6) is 5.75 Å². The van der Waals surface area contributed by atoms with Gasteiger partial charge >= 0.3 is 5.97 Å². The Labute approximate surface area is 194 Å². The lowest BCUT2D eigenvalue weighted by atomic mass is 10.1. The third-order valence-corrected chi connectivity index (χ3v) is 6.20. The first-order valence-electron chi connectivity index (χ1n) is 10.3. The summed E-state index contributed by atoms with van der Waals surface area (Å²) in [5.41, 5.74) is 2.55. The molecule has 2 unspecified atom stereocenters. The van der Waals surface area contributed by atoms with Crippen LogP contribution in [0.3, 0.4) is 0 Å². The predicted molar refractivity (Wildman–Crippen MR) is 122 cm³/mol. The van der Waals surface area contributed by atoms with Gasteiger partial charge in [-0.3, -0.25) is 14.9 Å². The number of methoxy groups -OCH3 is 1. The van der Waals surface area contributed by atoms with Gasteiger partial charge in [0.2, 0.25) is 11.8 Å². The average Bonchev–Trinajstić information content (AvgIpc) is 3.35. The van der Waals surface area contributed by atoms with Crippen LogP contribution in [-0.4, -0.2) is 34.5 Å². The van der Waals surface area contributed by atoms with Gasteiger partial charge in [0.05, 0.1) is 17.9 Å². The van der Waals surface area contributed by atoms with Gasteiger partial charge in [0.1, 0.15) is 23.3 Å². The maximum atomic E-state index is 12.6. The van der Waals surface area contributed by atoms with Gasteiger partial charge < -0.3 is 13.9 Å². The third-order valence-electron chi connectivity index (χ3n) is 5.22. The maximum Gasteiger partial charge on any atom is 0.338 e. The summed E-state index contributed by atoms with van der Waals surface area (Å²) in [7, 11) is 1.60. The molecule has 0 bridgehead atoms. The summed E-state index contributed by atoms with van der Waals surface area (Å²) in [5.74, 6) is 0.947. The zero-order valence-corrected chi connectivity index (χ0v) is 19.1. The zero-order valence-electron chi connectivity index (χ0n) is 18.3. The Balaban J connectivity index is 1.40. The van der Waals surface area contributed by atoms with E-state index in [1.807, 2.05) is 24.3 Å². The number of thioether (sulfide) groups is 1. The molecular formula is C24H22N2O6S. The van der Waals surface area contributed by atoms with Crippen molar-refractivity contribution in [3.05, 3.63) is 71.1 Å². The van der Waals surface area contributed by atoms with E-state index in [0.717, 1.165) is 28.6 Å². The maximum absolute atomic E-state index is 12.6. The Morgan fingerprint density at radius 2 is 1.85 bits per heavy atom. The van der Waals surface area contributed by atoms with Crippen LogP contribution in [0, 0.1) is 6.92 Å². The SMILES string of the molecule is COc1ccc(-c2nc(C(C)OC(=O)c3ccc(CC4SC(=O)NC4=O)cc3)c(C)o2)cc1. The number of rotatable bonds is 7. The van der Waals surface area contributed by atoms with Crippen molar-refractivity contribution in [2.75, 3.05) is 7.11 Å². The first kappa shape index (κ1) is 22.6. The second-order valence-electron chi connectivity index (χ2n) is 7.52. The standard InChI is InChI=1S/C24H22N2O6S/c1-13-20(25-22(31-13)16-8-10-18(30-3)11-9-16)14(2)32-23(28)17-6-4-15(5-7-17)12-19-21(27)26-24(29)33-19/h4-11,14,19H,12H2,1-3H3,(H,26,27,29). The number of oxazole rings is 1. The van der Waals surface area contributed by atoms with Crippen molar-refractivity contribution < 1.29 is 28.3 Å². The van der Waals surface area contributed by atoms with Crippen LogP contribution in [0.15, 0.2) is 52.9 Å². The molecule has 0 saturated carbocycles. The fourth-order valence-electron chi connectivity index (χ4n) is 3.45. The fourth-order valence-corrected chi connectivity index (χ4v) is 4.31. The van der Waals surface area contributed by atoms with Gasteiger partial charge in [0.15, 0.2) is 0 Å². The number of ether oxygens (including phenoxy) is 2. The van der Waals surface area contributed by atoms with Gasteiger partial charge in [0, 0.05) is 5.56 Å². The molecule has 0 radical (unpaired) electrons. The molecule has 0 spiro atoms. The molecule has 9 heteroatoms. The Kier molecular flexibility index (Phi) is 6.50. The lowest BCUT2D eigenvalue weighted by Crippen LogP contribution is -2.25. The number of carbonyl (C=O) groups excluding carboxylic acids is 3. The summed E-state index contributed by atoms with van der Waals surface area (Å²) in [4.78, 5) is 40.2. The molecule has 1 saturated heterocycles. The number of nitrogens with zero attached hydrogens (tertiary/aromatic N) is 1. The fraction of sp³-hybridized carbons (Fsp3) is 0.250. The molecule has 8 nitrogen and oxygen atoms in total. The Morgan fingerprint density at radius 1 is 1.15 bits per heavy atom. The first-order chi connectivity index (χ1) is 15.8. The van der Waals surface area contributed by atoms with Gasteiger partial charge in [0.25, 0.3) is 5.24 Å². The van der Waals surface area contributed by atoms with Gasteiger partial charge in [-0.1, -0.05) is 23.9 Å². The van der Waals surface area contributed by atoms with E-state index in [-0.39, 0.29) is 11.1 Å². The highest BCUT2D eigenvalue weighted by Gasteiger charge is 2.31. The smallest absolute Gasteiger partial charge is 0.338 e. The lowest BCUT2D eigenvalue weighted by Gasteiger charge is -2.12. The number of esters is 1. The molecule has 33 heavy (non-hydrogen) atoms. The highest BCUT2D eigenvalue weighted by atomic mass is 32.2. The summed E-state index contributed by atoms with van der Waals surface area (Å²) in [5, 5.41) is 1.48. The van der Waals surface area contributed by atoms with Crippen LogP contribution in [0.4, 0.5) is 4.79 Å². The van der Waals surface area contributed by atoms with Crippen molar-refractivity contribution in [2.24, 2.45) is 0 Å². The van der Waals surface area contributed by atoms with Gasteiger partial charge in [-0.05, 0) is 62.2 Å². The lowest BCUT2D eigenvalue weighted by molar-refractivity contribution is -0.118. The topological polar surface area (TPSA) is 108 Å². The Hall–Kier alpha value is -3.59. The van der Waals surface area contributed by atoms with E-state index >= 15 is 0 Å². The zero-order chi connectivity index (χ0) is 23.5. The van der Waals surface area contributed by atoms with Crippen LogP contribution in [-0.2, 0) is 16.0 Å². The minimum atomic E-state index is -0.613. The molecule has 2 aromatic carbocycles. The number of carbonyl (C=O) groups is 3. The monoisotopic (exact) mass is 466 g/mol. The molecule has 0 aliphatic carbocycles. The summed E-state index contributed by atoms with van der Waals surface area (Å²) in [6, 6.07) is 14.1. The summed E-state index contributed by atoms with van der Waals surface area (Å²) >= 11 is 0.975. The number of hydrogen-bond acceptors (Lipinski definition) is 8. The Bertz CT molecular complexity index is 1190. The van der Waals surface area contributed by atoms with E-state index in [9.17, 15) is 14.4 Å². The van der Waals surface area contributed by atoms with Crippen molar-refractivity contribution in [3.63, 3.8) is 0 Å². The van der Waals surface area contributed by atoms with E-state index in [4.69, 9.17) is 13.9 Å². The molecule has 2 amide bonds. The van der Waals surface area contributed by atoms with Crippen molar-refractivity contribution >= 4 is 28.9 Å². The minimum Gasteiger partial charge on any atom is -0.497 e. The van der Waals surface area contributed by atoms with Crippen LogP contribution in [0.1, 0.15) is 40.4 Å². The molecule has 1 aliphatic heterocycles. The molecule has 2 heterocycles. The van der Waals surface area contributed by atoms with Crippen LogP contribution >= 0.6 is 11.8 Å². The predicted octanol–water partition coefficient (Wildman–Crippen LogP) is 4.47. The molecule has 1 aromatic heterocycles. The van der Waals surface area contributed by atoms with Crippen LogP contribution < -0.4 is 10.1 Å². The van der Waals surface area contributed by atoms with Crippen LogP contribution in [0.2, 0.25) is 0 Å². The molecule has 1 N–H and O–H groups in total. The number of aromatic nitrogens is 1. The number of aryl methyl sites for hydroxylation is 1. The Morgan fingerprint density at radius 3 is 2.45 bits per heavy atom. The number of imide groups is 1. The molecule has 1 aliphatic rings. The van der Waals surface area contributed by atoms with E-state index in [0.29, 0.717) is 29.3 Å². The van der Waals surface area contributed by atoms with Gasteiger partial charge in [-0.2, -0.15) is 0 Å². The quantitative estimate of drug-likeness (QED) is 0.508. The van der Waals surface area contributed by atoms with Gasteiger partial charge in [-0.25, -0.2) is 9.78 Å². The van der Waals surface area contributed by atoms with Crippen molar-refractivity contribution in [1.29, 1.82) is 0 Å². The summed E-state index contributed by atoms with van der Waals surface area (Å²) < 4.78 is 16.5. The molecule has 3 aromatic rings. The van der Waals surface area contributed by atoms with E-state index in [2.05, 4.69) is 10.3 Å². The van der Waals surface area contributed by atoms with Crippen molar-refractivity contribution in [3.8, 4) is 17.2 Å². The summed E-state index contributed by atoms with van der Waals surface area (Å²) in [6.07, 6.45) is -0.210. The third kappa shape index (κ3) is 5.09. The second-order valence-corrected chi connectivity index (χ2v) is 8.70. The van der Waals surface area contributed by atoms with Crippen molar-refractivity contribution in [2.45, 2.75) is 31.6 Å². The highest BCUT2D eigenvalue weighted by Crippen LogP contribution is 2.29. The molecule has 170 valence electrons. The molecule has 4 rings (SSSR count).